The number of thiocarbonyl (C=S) groups is 1. The summed E-state index contributed by atoms with van der Waals surface area (Å²) in [6.45, 7) is 2.85. The minimum absolute atomic E-state index is 0.140. The highest BCUT2D eigenvalue weighted by atomic mass is 79.9. The second-order valence-corrected chi connectivity index (χ2v) is 8.07. The molecular weight excluding hydrogens is 468 g/mol. The van der Waals surface area contributed by atoms with Crippen molar-refractivity contribution in [3.8, 4) is 0 Å². The van der Waals surface area contributed by atoms with E-state index in [1.165, 1.54) is 4.90 Å². The second-order valence-electron chi connectivity index (χ2n) is 6.77. The van der Waals surface area contributed by atoms with Crippen molar-refractivity contribution in [2.24, 2.45) is 0 Å². The second kappa shape index (κ2) is 8.45. The number of fused-ring (bicyclic) bond motifs is 1. The van der Waals surface area contributed by atoms with Gasteiger partial charge in [0, 0.05) is 33.7 Å². The molecule has 2 amide bonds. The fraction of sp³-hybridized carbons (Fsp3) is 0.190. The first-order valence-electron chi connectivity index (χ1n) is 9.38. The molecule has 0 saturated carbocycles. The van der Waals surface area contributed by atoms with Gasteiger partial charge in [0.15, 0.2) is 5.11 Å². The maximum Gasteiger partial charge on any atom is 0.276 e. The molecule has 3 heterocycles. The monoisotopic (exact) mass is 486 g/mol. The Morgan fingerprint density at radius 2 is 2.20 bits per heavy atom. The number of carbonyl (C=O) groups excluding carboxylic acids is 2. The molecule has 1 fully saturated rings. The van der Waals surface area contributed by atoms with E-state index in [0.717, 1.165) is 20.9 Å². The summed E-state index contributed by atoms with van der Waals surface area (Å²) in [5.74, 6) is 0.394. The van der Waals surface area contributed by atoms with Crippen LogP contribution in [0.25, 0.3) is 17.0 Å². The smallest absolute Gasteiger partial charge is 0.276 e. The predicted octanol–water partition coefficient (Wildman–Crippen LogP) is 3.39. The number of halogens is 1. The first kappa shape index (κ1) is 20.4. The number of aromatic nitrogens is 1. The van der Waals surface area contributed by atoms with Crippen molar-refractivity contribution < 1.29 is 14.0 Å². The Hall–Kier alpha value is -2.91. The van der Waals surface area contributed by atoms with Crippen molar-refractivity contribution in [1.29, 1.82) is 0 Å². The van der Waals surface area contributed by atoms with E-state index < -0.39 is 0 Å². The van der Waals surface area contributed by atoms with Gasteiger partial charge in [0.1, 0.15) is 18.0 Å². The normalized spacial score (nSPS) is 15.3. The van der Waals surface area contributed by atoms with Gasteiger partial charge in [0.2, 0.25) is 5.91 Å². The predicted molar refractivity (Wildman–Crippen MR) is 121 cm³/mol. The van der Waals surface area contributed by atoms with Gasteiger partial charge in [-0.25, -0.2) is 0 Å². The van der Waals surface area contributed by atoms with E-state index in [-0.39, 0.29) is 18.4 Å². The molecule has 0 aliphatic carbocycles. The summed E-state index contributed by atoms with van der Waals surface area (Å²) < 4.78 is 8.02. The molecule has 3 aromatic rings. The van der Waals surface area contributed by atoms with Crippen molar-refractivity contribution in [3.05, 3.63) is 64.3 Å². The van der Waals surface area contributed by atoms with Crippen molar-refractivity contribution >= 4 is 62.1 Å². The molecule has 7 nitrogen and oxygen atoms in total. The number of hydrogen-bond donors (Lipinski definition) is 2. The lowest BCUT2D eigenvalue weighted by Gasteiger charge is -2.08. The van der Waals surface area contributed by atoms with Crippen LogP contribution in [0.2, 0.25) is 0 Å². The van der Waals surface area contributed by atoms with E-state index in [9.17, 15) is 9.59 Å². The highest BCUT2D eigenvalue weighted by molar-refractivity contribution is 9.10. The van der Waals surface area contributed by atoms with Gasteiger partial charge < -0.3 is 19.6 Å². The van der Waals surface area contributed by atoms with Gasteiger partial charge in [0.25, 0.3) is 5.91 Å². The Labute approximate surface area is 186 Å². The molecule has 0 atom stereocenters. The van der Waals surface area contributed by atoms with Gasteiger partial charge in [-0.05, 0) is 55.5 Å². The third-order valence-corrected chi connectivity index (χ3v) is 5.62. The van der Waals surface area contributed by atoms with Crippen LogP contribution < -0.4 is 10.6 Å². The van der Waals surface area contributed by atoms with Crippen molar-refractivity contribution in [1.82, 2.24) is 20.1 Å². The van der Waals surface area contributed by atoms with Crippen LogP contribution in [0.1, 0.15) is 18.2 Å². The zero-order valence-corrected chi connectivity index (χ0v) is 18.5. The number of furan rings is 1. The van der Waals surface area contributed by atoms with Crippen LogP contribution in [0, 0.1) is 0 Å². The van der Waals surface area contributed by atoms with Gasteiger partial charge in [0.05, 0.1) is 12.8 Å². The van der Waals surface area contributed by atoms with Crippen LogP contribution in [-0.2, 0) is 22.7 Å². The summed E-state index contributed by atoms with van der Waals surface area (Å²) in [5.41, 5.74) is 2.13. The SMILES string of the molecule is CCN1C(=O)/C(=C/c2cn(CC(=O)NCc3ccco3)c3ccc(Br)cc23)NC1=S. The molecule has 0 bridgehead atoms. The third-order valence-electron chi connectivity index (χ3n) is 4.81. The quantitative estimate of drug-likeness (QED) is 0.412. The zero-order chi connectivity index (χ0) is 21.3. The number of amides is 2. The molecule has 1 aromatic carbocycles. The van der Waals surface area contributed by atoms with Crippen molar-refractivity contribution in [2.45, 2.75) is 20.0 Å². The highest BCUT2D eigenvalue weighted by Crippen LogP contribution is 2.27. The van der Waals surface area contributed by atoms with Crippen molar-refractivity contribution in [3.63, 3.8) is 0 Å². The van der Waals surface area contributed by atoms with E-state index in [0.29, 0.717) is 29.7 Å². The molecule has 1 saturated heterocycles. The maximum absolute atomic E-state index is 12.6. The van der Waals surface area contributed by atoms with Crippen LogP contribution in [0.3, 0.4) is 0 Å². The first-order valence-corrected chi connectivity index (χ1v) is 10.6. The number of hydrogen-bond acceptors (Lipinski definition) is 4. The van der Waals surface area contributed by atoms with Gasteiger partial charge in [-0.2, -0.15) is 0 Å². The van der Waals surface area contributed by atoms with Crippen LogP contribution in [-0.4, -0.2) is 32.9 Å². The van der Waals surface area contributed by atoms with E-state index in [1.54, 1.807) is 18.4 Å². The summed E-state index contributed by atoms with van der Waals surface area (Å²) in [6, 6.07) is 9.41. The summed E-state index contributed by atoms with van der Waals surface area (Å²) in [6.07, 6.45) is 5.21. The van der Waals surface area contributed by atoms with E-state index >= 15 is 0 Å². The van der Waals surface area contributed by atoms with Gasteiger partial charge in [-0.15, -0.1) is 0 Å². The third kappa shape index (κ3) is 4.03. The summed E-state index contributed by atoms with van der Waals surface area (Å²) in [4.78, 5) is 26.5. The molecule has 0 radical (unpaired) electrons. The molecule has 4 rings (SSSR count). The summed E-state index contributed by atoms with van der Waals surface area (Å²) >= 11 is 8.73. The van der Waals surface area contributed by atoms with E-state index in [4.69, 9.17) is 16.6 Å². The number of likely N-dealkylation sites (N-methyl/N-ethyl adjacent to an activating group) is 1. The van der Waals surface area contributed by atoms with E-state index in [2.05, 4.69) is 26.6 Å². The Morgan fingerprint density at radius 3 is 2.90 bits per heavy atom. The lowest BCUT2D eigenvalue weighted by atomic mass is 10.1. The van der Waals surface area contributed by atoms with Gasteiger partial charge in [-0.1, -0.05) is 15.9 Å². The lowest BCUT2D eigenvalue weighted by Crippen LogP contribution is -2.30. The fourth-order valence-corrected chi connectivity index (χ4v) is 4.05. The fourth-order valence-electron chi connectivity index (χ4n) is 3.37. The lowest BCUT2D eigenvalue weighted by molar-refractivity contribution is -0.122. The Kier molecular flexibility index (Phi) is 5.74. The Balaban J connectivity index is 1.62. The molecule has 9 heteroatoms. The number of nitrogens with zero attached hydrogens (tertiary/aromatic N) is 2. The van der Waals surface area contributed by atoms with Gasteiger partial charge >= 0.3 is 0 Å². The maximum atomic E-state index is 12.6. The average Bonchev–Trinajstić information content (AvgIpc) is 3.41. The number of rotatable bonds is 6. The Morgan fingerprint density at radius 1 is 1.37 bits per heavy atom. The topological polar surface area (TPSA) is 79.5 Å². The highest BCUT2D eigenvalue weighted by Gasteiger charge is 2.29. The molecule has 2 aromatic heterocycles. The molecule has 154 valence electrons. The van der Waals surface area contributed by atoms with Crippen LogP contribution >= 0.6 is 28.1 Å². The number of benzene rings is 1. The van der Waals surface area contributed by atoms with Crippen LogP contribution in [0.15, 0.2) is 57.4 Å². The molecule has 1 aliphatic rings. The zero-order valence-electron chi connectivity index (χ0n) is 16.1. The minimum Gasteiger partial charge on any atom is -0.467 e. The van der Waals surface area contributed by atoms with Crippen LogP contribution in [0.4, 0.5) is 0 Å². The minimum atomic E-state index is -0.158. The number of nitrogens with one attached hydrogen (secondary N) is 2. The molecule has 2 N–H and O–H groups in total. The molecular formula is C21H19BrN4O3S. The molecule has 0 spiro atoms. The largest absolute Gasteiger partial charge is 0.467 e. The summed E-state index contributed by atoms with van der Waals surface area (Å²) in [5, 5.41) is 7.15. The number of carbonyl (C=O) groups is 2. The standard InChI is InChI=1S/C21H19BrN4O3S/c1-2-26-20(28)17(24-21(26)30)8-13-11-25(18-6-5-14(22)9-16(13)18)12-19(27)23-10-15-4-3-7-29-15/h3-9,11H,2,10,12H2,1H3,(H,23,27)(H,24,30)/b17-8-. The van der Waals surface area contributed by atoms with E-state index in [1.807, 2.05) is 42.0 Å². The average molecular weight is 487 g/mol. The van der Waals surface area contributed by atoms with Gasteiger partial charge in [-0.3, -0.25) is 14.5 Å². The molecule has 0 unspecified atom stereocenters. The van der Waals surface area contributed by atoms with Crippen molar-refractivity contribution in [2.75, 3.05) is 6.54 Å². The Bertz CT molecular complexity index is 1170. The summed E-state index contributed by atoms with van der Waals surface area (Å²) in [7, 11) is 0. The molecule has 1 aliphatic heterocycles. The molecule has 30 heavy (non-hydrogen) atoms. The van der Waals surface area contributed by atoms with Crippen LogP contribution in [0.5, 0.6) is 0 Å². The first-order chi connectivity index (χ1) is 14.5.